The third kappa shape index (κ3) is 2.71. The van der Waals surface area contributed by atoms with Gasteiger partial charge in [-0.15, -0.1) is 0 Å². The monoisotopic (exact) mass is 171 g/mol. The van der Waals surface area contributed by atoms with Gasteiger partial charge in [0, 0.05) is 6.04 Å². The van der Waals surface area contributed by atoms with Gasteiger partial charge < -0.3 is 27.1 Å². The maximum absolute atomic E-state index is 11.1. The Morgan fingerprint density at radius 3 is 2.42 bits per heavy atom. The van der Waals surface area contributed by atoms with Gasteiger partial charge in [0.25, 0.3) is 0 Å². The van der Waals surface area contributed by atoms with Crippen molar-refractivity contribution in [1.29, 1.82) is 0 Å². The summed E-state index contributed by atoms with van der Waals surface area (Å²) in [6.45, 7) is 6.83. The molecule has 0 fully saturated rings. The lowest BCUT2D eigenvalue weighted by atomic mass is 10.4. The van der Waals surface area contributed by atoms with Crippen molar-refractivity contribution in [3.05, 3.63) is 29.6 Å². The van der Waals surface area contributed by atoms with Crippen LogP contribution in [0.1, 0.15) is 13.8 Å². The number of rotatable bonds is 4. The molecule has 0 aliphatic rings. The summed E-state index contributed by atoms with van der Waals surface area (Å²) in [6, 6.07) is -0.227. The fourth-order valence-corrected chi connectivity index (χ4v) is 0.581. The Morgan fingerprint density at radius 2 is 2.08 bits per heavy atom. The van der Waals surface area contributed by atoms with E-state index in [2.05, 4.69) is 11.9 Å². The molecule has 0 aromatic carbocycles. The molecule has 0 saturated carbocycles. The molecule has 0 atom stereocenters. The third-order valence-electron chi connectivity index (χ3n) is 1.24. The summed E-state index contributed by atoms with van der Waals surface area (Å²) in [5, 5.41) is 14.3. The van der Waals surface area contributed by atoms with E-state index in [1.807, 2.05) is 0 Å². The Bertz CT molecular complexity index is 188. The first kappa shape index (κ1) is 10.6. The predicted octanol–water partition coefficient (Wildman–Crippen LogP) is -0.0283. The van der Waals surface area contributed by atoms with Gasteiger partial charge in [-0.25, -0.2) is 0 Å². The Balaban J connectivity index is 4.41. The number of hydrogen-bond donors (Lipinski definition) is 3. The average Bonchev–Trinajstić information content (AvgIpc) is 2.02. The van der Waals surface area contributed by atoms with Crippen molar-refractivity contribution in [2.75, 3.05) is 0 Å². The van der Waals surface area contributed by atoms with Gasteiger partial charge in [0.15, 0.2) is 0 Å². The predicted molar refractivity (Wildman–Crippen MR) is 49.1 cm³/mol. The minimum Gasteiger partial charge on any atom is -0.757 e. The highest BCUT2D eigenvalue weighted by atomic mass is 16.5. The molecule has 0 bridgehead atoms. The van der Waals surface area contributed by atoms with E-state index >= 15 is 0 Å². The fourth-order valence-electron chi connectivity index (χ4n) is 0.581. The summed E-state index contributed by atoms with van der Waals surface area (Å²) < 4.78 is 0. The highest BCUT2D eigenvalue weighted by Gasteiger charge is 2.02. The molecule has 12 heavy (non-hydrogen) atoms. The van der Waals surface area contributed by atoms with Crippen LogP contribution in [-0.4, -0.2) is 11.1 Å². The number of nitrogens with one attached hydrogen (secondary N) is 1. The van der Waals surface area contributed by atoms with Crippen LogP contribution in [0.5, 0.6) is 0 Å². The summed E-state index contributed by atoms with van der Waals surface area (Å²) in [4.78, 5) is 0. The minimum atomic E-state index is -0.227. The van der Waals surface area contributed by atoms with Crippen LogP contribution in [0.25, 0.3) is 0 Å². The lowest BCUT2D eigenvalue weighted by Gasteiger charge is -2.35. The molecule has 0 rings (SSSR count). The summed E-state index contributed by atoms with van der Waals surface area (Å²) >= 11 is 0. The van der Waals surface area contributed by atoms with E-state index < -0.39 is 0 Å². The number of nitrogens with zero attached hydrogens (tertiary/aromatic N) is 1. The highest BCUT2D eigenvalue weighted by molar-refractivity contribution is 5.07. The van der Waals surface area contributed by atoms with Crippen LogP contribution in [-0.2, 0) is 0 Å². The molecule has 0 aliphatic heterocycles. The molecular weight excluding hydrogens is 156 g/mol. The maximum Gasteiger partial charge on any atom is 0.141 e. The number of hydrogen-bond acceptors (Lipinski definition) is 5. The average molecular weight is 171 g/mol. The standard InChI is InChI=1S/C7H15N4O/c1-4-10-6(8)7(9)11(12)5(2)3/h4-5,10H,1,8-9H2,2-3H3/q-1/b7-6+. The van der Waals surface area contributed by atoms with Crippen LogP contribution >= 0.6 is 0 Å². The van der Waals surface area contributed by atoms with Crippen molar-refractivity contribution in [2.24, 2.45) is 11.5 Å². The Labute approximate surface area is 72.3 Å². The molecule has 0 heterocycles. The first-order chi connectivity index (χ1) is 5.50. The van der Waals surface area contributed by atoms with Crippen LogP contribution < -0.4 is 16.8 Å². The number of hydroxylamine groups is 2. The van der Waals surface area contributed by atoms with Gasteiger partial charge in [0.05, 0.1) is 0 Å². The molecule has 70 valence electrons. The van der Waals surface area contributed by atoms with Crippen LogP contribution in [0, 0.1) is 5.21 Å². The Hall–Kier alpha value is -1.36. The summed E-state index contributed by atoms with van der Waals surface area (Å²) in [5.74, 6) is 0.0959. The zero-order chi connectivity index (χ0) is 9.72. The van der Waals surface area contributed by atoms with Crippen molar-refractivity contribution < 1.29 is 0 Å². The van der Waals surface area contributed by atoms with Crippen molar-refractivity contribution >= 4 is 0 Å². The van der Waals surface area contributed by atoms with Crippen LogP contribution in [0.15, 0.2) is 24.4 Å². The van der Waals surface area contributed by atoms with E-state index in [0.717, 1.165) is 0 Å². The molecule has 0 unspecified atom stereocenters. The van der Waals surface area contributed by atoms with E-state index in [1.54, 1.807) is 13.8 Å². The van der Waals surface area contributed by atoms with Gasteiger partial charge in [-0.3, -0.25) is 0 Å². The van der Waals surface area contributed by atoms with Crippen molar-refractivity contribution in [2.45, 2.75) is 19.9 Å². The molecule has 0 spiro atoms. The third-order valence-corrected chi connectivity index (χ3v) is 1.24. The van der Waals surface area contributed by atoms with Crippen LogP contribution in [0.4, 0.5) is 0 Å². The van der Waals surface area contributed by atoms with E-state index in [1.165, 1.54) is 6.20 Å². The van der Waals surface area contributed by atoms with E-state index in [4.69, 9.17) is 11.5 Å². The van der Waals surface area contributed by atoms with Gasteiger partial charge >= 0.3 is 0 Å². The first-order valence-electron chi connectivity index (χ1n) is 3.59. The Kier molecular flexibility index (Phi) is 3.99. The molecule has 0 aromatic rings. The first-order valence-corrected chi connectivity index (χ1v) is 3.59. The van der Waals surface area contributed by atoms with E-state index in [9.17, 15) is 5.21 Å². The number of nitrogens with two attached hydrogens (primary N) is 2. The van der Waals surface area contributed by atoms with Crippen molar-refractivity contribution in [3.8, 4) is 0 Å². The largest absolute Gasteiger partial charge is 0.757 e. The van der Waals surface area contributed by atoms with Gasteiger partial charge in [0.1, 0.15) is 11.6 Å². The second-order valence-corrected chi connectivity index (χ2v) is 2.57. The summed E-state index contributed by atoms with van der Waals surface area (Å²) in [6.07, 6.45) is 1.36. The molecule has 0 aromatic heterocycles. The van der Waals surface area contributed by atoms with Crippen LogP contribution in [0.2, 0.25) is 0 Å². The molecular formula is C7H15N4O-. The van der Waals surface area contributed by atoms with E-state index in [0.29, 0.717) is 5.06 Å². The summed E-state index contributed by atoms with van der Waals surface area (Å²) in [5.41, 5.74) is 10.8. The fraction of sp³-hybridized carbons (Fsp3) is 0.429. The van der Waals surface area contributed by atoms with E-state index in [-0.39, 0.29) is 17.7 Å². The highest BCUT2D eigenvalue weighted by Crippen LogP contribution is 2.02. The van der Waals surface area contributed by atoms with Crippen molar-refractivity contribution in [3.63, 3.8) is 0 Å². The SMILES string of the molecule is C=CN/C(N)=C(\N)N([O-])C(C)C. The molecule has 0 amide bonds. The molecule has 5 N–H and O–H groups in total. The van der Waals surface area contributed by atoms with Gasteiger partial charge in [-0.1, -0.05) is 6.58 Å². The zero-order valence-corrected chi connectivity index (χ0v) is 7.37. The minimum absolute atomic E-state index is 0.0232. The van der Waals surface area contributed by atoms with Crippen molar-refractivity contribution in [1.82, 2.24) is 10.4 Å². The topological polar surface area (TPSA) is 90.4 Å². The lowest BCUT2D eigenvalue weighted by molar-refractivity contribution is 0.375. The molecule has 0 aliphatic carbocycles. The second kappa shape index (κ2) is 4.50. The molecule has 5 heteroatoms. The normalized spacial score (nSPS) is 12.3. The van der Waals surface area contributed by atoms with Gasteiger partial charge in [0.2, 0.25) is 0 Å². The lowest BCUT2D eigenvalue weighted by Crippen LogP contribution is -2.34. The zero-order valence-electron chi connectivity index (χ0n) is 7.37. The summed E-state index contributed by atoms with van der Waals surface area (Å²) in [7, 11) is 0. The van der Waals surface area contributed by atoms with Crippen LogP contribution in [0.3, 0.4) is 0 Å². The quantitative estimate of drug-likeness (QED) is 0.517. The Morgan fingerprint density at radius 1 is 1.58 bits per heavy atom. The molecule has 0 saturated heterocycles. The molecule has 5 nitrogen and oxygen atoms in total. The van der Waals surface area contributed by atoms with Gasteiger partial charge in [-0.2, -0.15) is 0 Å². The molecule has 0 radical (unpaired) electrons. The van der Waals surface area contributed by atoms with Gasteiger partial charge in [-0.05, 0) is 20.0 Å². The second-order valence-electron chi connectivity index (χ2n) is 2.57. The maximum atomic E-state index is 11.1. The smallest absolute Gasteiger partial charge is 0.141 e.